The van der Waals surface area contributed by atoms with Crippen molar-refractivity contribution >= 4 is 17.1 Å². The highest BCUT2D eigenvalue weighted by Crippen LogP contribution is 2.52. The average molecular weight is 820 g/mol. The molecular formula is C60H37NO3. The Bertz CT molecular complexity index is 3360. The molecule has 10 aromatic rings. The zero-order chi connectivity index (χ0) is 42.1. The van der Waals surface area contributed by atoms with Crippen LogP contribution in [0.15, 0.2) is 224 Å². The van der Waals surface area contributed by atoms with Gasteiger partial charge in [0, 0.05) is 50.4 Å². The Balaban J connectivity index is 0.972. The van der Waals surface area contributed by atoms with Gasteiger partial charge in [0.15, 0.2) is 0 Å². The predicted octanol–water partition coefficient (Wildman–Crippen LogP) is 17.1. The molecule has 0 saturated heterocycles. The van der Waals surface area contributed by atoms with E-state index in [4.69, 9.17) is 14.2 Å². The number of nitrogens with zero attached hydrogens (tertiary/aromatic N) is 1. The maximum Gasteiger partial charge on any atom is 0.135 e. The van der Waals surface area contributed by atoms with Crippen molar-refractivity contribution in [3.63, 3.8) is 0 Å². The van der Waals surface area contributed by atoms with Gasteiger partial charge in [0.2, 0.25) is 0 Å². The fourth-order valence-corrected chi connectivity index (χ4v) is 9.72. The molecule has 0 aromatic heterocycles. The fraction of sp³-hybridized carbons (Fsp3) is 0. The molecule has 3 aliphatic heterocycles. The SMILES string of the molecule is c1ccc2c(c1)Oc1cc(-c3ccc(N(c4ccc5c(c4)-c4ccccc4Oc4ccccc4-5)c4ccc5c(c4)-c4ccccc4Oc4ccccc4-5)cc3)ccc1-c1ccccc1-2. The summed E-state index contributed by atoms with van der Waals surface area (Å²) < 4.78 is 19.9. The van der Waals surface area contributed by atoms with Crippen LogP contribution in [0.2, 0.25) is 0 Å². The molecule has 300 valence electrons. The Labute approximate surface area is 371 Å². The summed E-state index contributed by atoms with van der Waals surface area (Å²) in [6, 6.07) is 79.1. The zero-order valence-corrected chi connectivity index (χ0v) is 34.5. The van der Waals surface area contributed by atoms with Gasteiger partial charge in [-0.05, 0) is 123 Å². The van der Waals surface area contributed by atoms with Gasteiger partial charge in [-0.15, -0.1) is 0 Å². The molecule has 0 saturated carbocycles. The number of ether oxygens (including phenoxy) is 3. The van der Waals surface area contributed by atoms with E-state index in [1.807, 2.05) is 42.5 Å². The second kappa shape index (κ2) is 14.5. The molecule has 0 amide bonds. The summed E-state index contributed by atoms with van der Waals surface area (Å²) >= 11 is 0. The van der Waals surface area contributed by atoms with Crippen molar-refractivity contribution in [1.29, 1.82) is 0 Å². The van der Waals surface area contributed by atoms with Gasteiger partial charge in [-0.1, -0.05) is 146 Å². The van der Waals surface area contributed by atoms with E-state index in [0.29, 0.717) is 0 Å². The third-order valence-corrected chi connectivity index (χ3v) is 12.7. The number of benzene rings is 10. The molecule has 0 radical (unpaired) electrons. The molecule has 0 atom stereocenters. The summed E-state index contributed by atoms with van der Waals surface area (Å²) in [6.07, 6.45) is 0. The second-order valence-corrected chi connectivity index (χ2v) is 16.4. The minimum Gasteiger partial charge on any atom is -0.456 e. The van der Waals surface area contributed by atoms with E-state index in [1.54, 1.807) is 0 Å². The summed E-state index contributed by atoms with van der Waals surface area (Å²) in [4.78, 5) is 2.36. The van der Waals surface area contributed by atoms with E-state index >= 15 is 0 Å². The first-order chi connectivity index (χ1) is 31.7. The third kappa shape index (κ3) is 5.84. The summed E-state index contributed by atoms with van der Waals surface area (Å²) in [6.45, 7) is 0. The molecule has 3 heterocycles. The Morgan fingerprint density at radius 1 is 0.203 bits per heavy atom. The summed E-state index contributed by atoms with van der Waals surface area (Å²) in [5.74, 6) is 5.05. The monoisotopic (exact) mass is 819 g/mol. The molecule has 64 heavy (non-hydrogen) atoms. The van der Waals surface area contributed by atoms with Crippen LogP contribution in [0.1, 0.15) is 0 Å². The van der Waals surface area contributed by atoms with Crippen molar-refractivity contribution in [2.45, 2.75) is 0 Å². The fourth-order valence-electron chi connectivity index (χ4n) is 9.72. The maximum absolute atomic E-state index is 6.70. The Morgan fingerprint density at radius 2 is 0.500 bits per heavy atom. The van der Waals surface area contributed by atoms with Crippen LogP contribution in [0.4, 0.5) is 17.1 Å². The van der Waals surface area contributed by atoms with E-state index < -0.39 is 0 Å². The van der Waals surface area contributed by atoms with Crippen LogP contribution in [0.25, 0.3) is 77.9 Å². The third-order valence-electron chi connectivity index (χ3n) is 12.7. The lowest BCUT2D eigenvalue weighted by Crippen LogP contribution is -2.10. The van der Waals surface area contributed by atoms with Crippen molar-refractivity contribution < 1.29 is 14.2 Å². The first kappa shape index (κ1) is 36.1. The number of fused-ring (bicyclic) bond motifs is 15. The lowest BCUT2D eigenvalue weighted by molar-refractivity contribution is 0.487. The highest BCUT2D eigenvalue weighted by molar-refractivity contribution is 5.97. The van der Waals surface area contributed by atoms with Gasteiger partial charge in [0.05, 0.1) is 0 Å². The highest BCUT2D eigenvalue weighted by Gasteiger charge is 2.26. The lowest BCUT2D eigenvalue weighted by Gasteiger charge is -2.28. The molecular weight excluding hydrogens is 783 g/mol. The number of anilines is 3. The van der Waals surface area contributed by atoms with Crippen LogP contribution in [-0.2, 0) is 0 Å². The van der Waals surface area contributed by atoms with Crippen molar-refractivity contribution in [2.75, 3.05) is 4.90 Å². The normalized spacial score (nSPS) is 12.1. The lowest BCUT2D eigenvalue weighted by atomic mass is 9.92. The van der Waals surface area contributed by atoms with E-state index in [-0.39, 0.29) is 0 Å². The summed E-state index contributed by atoms with van der Waals surface area (Å²) in [5.41, 5.74) is 18.4. The zero-order valence-electron chi connectivity index (χ0n) is 34.5. The summed E-state index contributed by atoms with van der Waals surface area (Å²) in [7, 11) is 0. The largest absolute Gasteiger partial charge is 0.456 e. The first-order valence-electron chi connectivity index (χ1n) is 21.6. The molecule has 0 fully saturated rings. The van der Waals surface area contributed by atoms with Gasteiger partial charge in [-0.25, -0.2) is 0 Å². The molecule has 0 N–H and O–H groups in total. The molecule has 4 nitrogen and oxygen atoms in total. The molecule has 0 bridgehead atoms. The Hall–Kier alpha value is -8.60. The van der Waals surface area contributed by atoms with Gasteiger partial charge in [-0.2, -0.15) is 0 Å². The summed E-state index contributed by atoms with van der Waals surface area (Å²) in [5, 5.41) is 0. The smallest absolute Gasteiger partial charge is 0.135 e. The minimum atomic E-state index is 0.832. The predicted molar refractivity (Wildman–Crippen MR) is 259 cm³/mol. The number of rotatable bonds is 4. The minimum absolute atomic E-state index is 0.832. The van der Waals surface area contributed by atoms with Crippen molar-refractivity contribution in [3.8, 4) is 112 Å². The molecule has 0 aliphatic carbocycles. The van der Waals surface area contributed by atoms with Crippen LogP contribution in [-0.4, -0.2) is 0 Å². The van der Waals surface area contributed by atoms with E-state index in [9.17, 15) is 0 Å². The second-order valence-electron chi connectivity index (χ2n) is 16.4. The molecule has 4 heteroatoms. The molecule has 10 aromatic carbocycles. The van der Waals surface area contributed by atoms with Crippen LogP contribution >= 0.6 is 0 Å². The first-order valence-corrected chi connectivity index (χ1v) is 21.6. The molecule has 0 spiro atoms. The van der Waals surface area contributed by atoms with Gasteiger partial charge < -0.3 is 19.1 Å². The van der Waals surface area contributed by atoms with Gasteiger partial charge in [0.1, 0.15) is 34.5 Å². The Kier molecular flexibility index (Phi) is 8.18. The number of hydrogen-bond acceptors (Lipinski definition) is 4. The molecule has 13 rings (SSSR count). The molecule has 3 aliphatic rings. The maximum atomic E-state index is 6.70. The molecule has 0 unspecified atom stereocenters. The van der Waals surface area contributed by atoms with Crippen LogP contribution < -0.4 is 19.1 Å². The van der Waals surface area contributed by atoms with Gasteiger partial charge in [-0.3, -0.25) is 0 Å². The van der Waals surface area contributed by atoms with Crippen LogP contribution in [0.5, 0.6) is 34.5 Å². The Morgan fingerprint density at radius 3 is 0.938 bits per heavy atom. The average Bonchev–Trinajstić information content (AvgIpc) is 3.66. The van der Waals surface area contributed by atoms with E-state index in [0.717, 1.165) is 124 Å². The number of para-hydroxylation sites is 5. The van der Waals surface area contributed by atoms with Crippen LogP contribution in [0, 0.1) is 0 Å². The van der Waals surface area contributed by atoms with Gasteiger partial charge >= 0.3 is 0 Å². The van der Waals surface area contributed by atoms with Crippen molar-refractivity contribution in [2.24, 2.45) is 0 Å². The van der Waals surface area contributed by atoms with E-state index in [2.05, 4.69) is 187 Å². The van der Waals surface area contributed by atoms with E-state index in [1.165, 1.54) is 5.56 Å². The quantitative estimate of drug-likeness (QED) is 0.177. The van der Waals surface area contributed by atoms with Crippen molar-refractivity contribution in [3.05, 3.63) is 224 Å². The standard InChI is InChI=1S/C60H37NO3/c1-2-14-44-43(13-1)47-15-3-10-22-57(47)64-60-35-39(27-32-52(44)60)38-25-28-40(29-26-38)61(41-30-33-45-48-16-4-8-20-55(48)62-58-23-11-6-18-50(58)53(45)36-41)42-31-34-46-49-17-5-9-21-56(49)63-59-24-12-7-19-51(59)54(46)37-42/h1-37H. The van der Waals surface area contributed by atoms with Crippen LogP contribution in [0.3, 0.4) is 0 Å². The van der Waals surface area contributed by atoms with Gasteiger partial charge in [0.25, 0.3) is 0 Å². The topological polar surface area (TPSA) is 30.9 Å². The highest BCUT2D eigenvalue weighted by atomic mass is 16.5. The van der Waals surface area contributed by atoms with Crippen molar-refractivity contribution in [1.82, 2.24) is 0 Å². The number of hydrogen-bond donors (Lipinski definition) is 0.